The highest BCUT2D eigenvalue weighted by molar-refractivity contribution is 6.32. The normalized spacial score (nSPS) is 19.9. The molecule has 1 N–H and O–H groups in total. The monoisotopic (exact) mass is 297 g/mol. The second-order valence-corrected chi connectivity index (χ2v) is 6.73. The maximum absolute atomic E-state index is 6.31. The van der Waals surface area contributed by atoms with Gasteiger partial charge in [-0.05, 0) is 51.3 Å². The molecule has 0 radical (unpaired) electrons. The Morgan fingerprint density at radius 2 is 2.20 bits per heavy atom. The van der Waals surface area contributed by atoms with Crippen molar-refractivity contribution in [3.8, 4) is 5.75 Å². The Morgan fingerprint density at radius 1 is 1.40 bits per heavy atom. The van der Waals surface area contributed by atoms with Gasteiger partial charge in [-0.3, -0.25) is 0 Å². The van der Waals surface area contributed by atoms with Gasteiger partial charge < -0.3 is 14.8 Å². The molecule has 1 aliphatic heterocycles. The van der Waals surface area contributed by atoms with E-state index in [1.807, 2.05) is 12.1 Å². The van der Waals surface area contributed by atoms with Crippen LogP contribution in [0, 0.1) is 0 Å². The fourth-order valence-corrected chi connectivity index (χ4v) is 2.35. The van der Waals surface area contributed by atoms with E-state index >= 15 is 0 Å². The van der Waals surface area contributed by atoms with Gasteiger partial charge in [0.05, 0.1) is 11.6 Å². The first-order chi connectivity index (χ1) is 9.44. The van der Waals surface area contributed by atoms with Crippen molar-refractivity contribution >= 4 is 11.6 Å². The smallest absolute Gasteiger partial charge is 0.138 e. The van der Waals surface area contributed by atoms with Crippen molar-refractivity contribution < 1.29 is 9.47 Å². The lowest BCUT2D eigenvalue weighted by Gasteiger charge is -2.24. The molecule has 0 saturated carbocycles. The molecule has 0 spiro atoms. The molecule has 0 bridgehead atoms. The molecule has 1 saturated heterocycles. The van der Waals surface area contributed by atoms with Crippen molar-refractivity contribution in [1.29, 1.82) is 0 Å². The van der Waals surface area contributed by atoms with Gasteiger partial charge in [-0.15, -0.1) is 0 Å². The summed E-state index contributed by atoms with van der Waals surface area (Å²) < 4.78 is 11.3. The molecule has 4 heteroatoms. The molecule has 2 rings (SSSR count). The van der Waals surface area contributed by atoms with Gasteiger partial charge >= 0.3 is 0 Å². The Bertz CT molecular complexity index is 437. The Labute approximate surface area is 126 Å². The first kappa shape index (κ1) is 15.6. The van der Waals surface area contributed by atoms with E-state index in [1.54, 1.807) is 0 Å². The molecule has 1 fully saturated rings. The quantitative estimate of drug-likeness (QED) is 0.917. The van der Waals surface area contributed by atoms with Gasteiger partial charge in [0.25, 0.3) is 0 Å². The molecule has 0 aliphatic carbocycles. The molecule has 112 valence electrons. The van der Waals surface area contributed by atoms with Crippen molar-refractivity contribution in [3.05, 3.63) is 28.8 Å². The minimum atomic E-state index is 0.0983. The lowest BCUT2D eigenvalue weighted by atomic mass is 10.1. The lowest BCUT2D eigenvalue weighted by molar-refractivity contribution is 0.00747. The molecule has 1 aromatic rings. The van der Waals surface area contributed by atoms with Gasteiger partial charge in [0.1, 0.15) is 11.9 Å². The molecule has 1 atom stereocenters. The maximum Gasteiger partial charge on any atom is 0.138 e. The van der Waals surface area contributed by atoms with Crippen molar-refractivity contribution in [2.24, 2.45) is 0 Å². The summed E-state index contributed by atoms with van der Waals surface area (Å²) in [4.78, 5) is 0. The predicted octanol–water partition coefficient (Wildman–Crippen LogP) is 3.79. The van der Waals surface area contributed by atoms with Crippen molar-refractivity contribution in [3.63, 3.8) is 0 Å². The van der Waals surface area contributed by atoms with Crippen LogP contribution in [-0.4, -0.2) is 24.9 Å². The summed E-state index contributed by atoms with van der Waals surface area (Å²) in [5.41, 5.74) is 1.26. The third-order valence-corrected chi connectivity index (χ3v) is 3.53. The van der Waals surface area contributed by atoms with Crippen LogP contribution in [-0.2, 0) is 11.3 Å². The summed E-state index contributed by atoms with van der Waals surface area (Å²) in [5.74, 6) is 0.752. The average molecular weight is 298 g/mol. The van der Waals surface area contributed by atoms with Crippen LogP contribution in [0.5, 0.6) is 5.75 Å². The largest absolute Gasteiger partial charge is 0.486 e. The van der Waals surface area contributed by atoms with E-state index in [2.05, 4.69) is 32.2 Å². The molecule has 3 nitrogen and oxygen atoms in total. The van der Waals surface area contributed by atoms with Gasteiger partial charge in [0, 0.05) is 18.7 Å². The number of hydrogen-bond acceptors (Lipinski definition) is 3. The number of halogens is 1. The van der Waals surface area contributed by atoms with Gasteiger partial charge in [0.2, 0.25) is 0 Å². The highest BCUT2D eigenvalue weighted by Crippen LogP contribution is 2.28. The number of rotatable bonds is 4. The highest BCUT2D eigenvalue weighted by atomic mass is 35.5. The van der Waals surface area contributed by atoms with Gasteiger partial charge in [-0.2, -0.15) is 0 Å². The first-order valence-electron chi connectivity index (χ1n) is 7.22. The summed E-state index contributed by atoms with van der Waals surface area (Å²) in [5, 5.41) is 4.12. The Kier molecular flexibility index (Phi) is 5.30. The number of ether oxygens (including phenoxy) is 2. The fourth-order valence-electron chi connectivity index (χ4n) is 2.10. The van der Waals surface area contributed by atoms with Crippen molar-refractivity contribution in [2.75, 3.05) is 13.2 Å². The Balaban J connectivity index is 1.94. The molecule has 1 aromatic carbocycles. The zero-order valence-corrected chi connectivity index (χ0v) is 13.3. The third-order valence-electron chi connectivity index (χ3n) is 3.23. The van der Waals surface area contributed by atoms with E-state index in [1.165, 1.54) is 0 Å². The number of hydrogen-bond donors (Lipinski definition) is 1. The van der Waals surface area contributed by atoms with Gasteiger partial charge in [0.15, 0.2) is 0 Å². The summed E-state index contributed by atoms with van der Waals surface area (Å²) in [7, 11) is 0. The molecule has 1 heterocycles. The minimum absolute atomic E-state index is 0.0983. The number of nitrogens with one attached hydrogen (secondary N) is 1. The van der Waals surface area contributed by atoms with Crippen LogP contribution in [0.3, 0.4) is 0 Å². The standard InChI is InChI=1S/C16H24ClNO2/c1-16(2,3)18-10-12-6-7-15(14(17)9-12)20-13-5-4-8-19-11-13/h6-7,9,13,18H,4-5,8,10-11H2,1-3H3. The van der Waals surface area contributed by atoms with E-state index < -0.39 is 0 Å². The molecule has 20 heavy (non-hydrogen) atoms. The van der Waals surface area contributed by atoms with Crippen molar-refractivity contribution in [1.82, 2.24) is 5.32 Å². The van der Waals surface area contributed by atoms with Crippen LogP contribution in [0.1, 0.15) is 39.2 Å². The molecule has 0 aromatic heterocycles. The van der Waals surface area contributed by atoms with E-state index in [4.69, 9.17) is 21.1 Å². The molecule has 1 aliphatic rings. The number of benzene rings is 1. The van der Waals surface area contributed by atoms with Crippen LogP contribution < -0.4 is 10.1 Å². The maximum atomic E-state index is 6.31. The average Bonchev–Trinajstić information content (AvgIpc) is 2.40. The topological polar surface area (TPSA) is 30.5 Å². The van der Waals surface area contributed by atoms with E-state index in [0.29, 0.717) is 11.6 Å². The van der Waals surface area contributed by atoms with E-state index in [-0.39, 0.29) is 11.6 Å². The minimum Gasteiger partial charge on any atom is -0.486 e. The SMILES string of the molecule is CC(C)(C)NCc1ccc(OC2CCCOC2)c(Cl)c1. The van der Waals surface area contributed by atoms with Crippen LogP contribution in [0.2, 0.25) is 5.02 Å². The Morgan fingerprint density at radius 3 is 2.80 bits per heavy atom. The second-order valence-electron chi connectivity index (χ2n) is 6.33. The van der Waals surface area contributed by atoms with Crippen LogP contribution in [0.4, 0.5) is 0 Å². The van der Waals surface area contributed by atoms with Crippen LogP contribution >= 0.6 is 11.6 Å². The molecular formula is C16H24ClNO2. The summed E-state index contributed by atoms with van der Waals surface area (Å²) >= 11 is 6.31. The first-order valence-corrected chi connectivity index (χ1v) is 7.60. The zero-order chi connectivity index (χ0) is 14.6. The highest BCUT2D eigenvalue weighted by Gasteiger charge is 2.17. The lowest BCUT2D eigenvalue weighted by Crippen LogP contribution is -2.35. The molecule has 0 amide bonds. The van der Waals surface area contributed by atoms with Crippen LogP contribution in [0.25, 0.3) is 0 Å². The van der Waals surface area contributed by atoms with Gasteiger partial charge in [-0.1, -0.05) is 17.7 Å². The zero-order valence-electron chi connectivity index (χ0n) is 12.5. The van der Waals surface area contributed by atoms with E-state index in [0.717, 1.165) is 37.3 Å². The van der Waals surface area contributed by atoms with Gasteiger partial charge in [-0.25, -0.2) is 0 Å². The molecular weight excluding hydrogens is 274 g/mol. The second kappa shape index (κ2) is 6.79. The molecule has 1 unspecified atom stereocenters. The summed E-state index contributed by atoms with van der Waals surface area (Å²) in [6, 6.07) is 5.99. The summed E-state index contributed by atoms with van der Waals surface area (Å²) in [6.45, 7) is 8.74. The van der Waals surface area contributed by atoms with E-state index in [9.17, 15) is 0 Å². The summed E-state index contributed by atoms with van der Waals surface area (Å²) in [6.07, 6.45) is 2.21. The fraction of sp³-hybridized carbons (Fsp3) is 0.625. The third kappa shape index (κ3) is 4.97. The van der Waals surface area contributed by atoms with Crippen LogP contribution in [0.15, 0.2) is 18.2 Å². The predicted molar refractivity (Wildman–Crippen MR) is 82.5 cm³/mol. The van der Waals surface area contributed by atoms with Crippen molar-refractivity contribution in [2.45, 2.75) is 51.8 Å². The Hall–Kier alpha value is -0.770.